The number of nitrogens with zero attached hydrogens (tertiary/aromatic N) is 7. The molecule has 0 radical (unpaired) electrons. The zero-order valence-electron chi connectivity index (χ0n) is 15.9. The number of nitriles is 1. The molecule has 3 atom stereocenters. The third kappa shape index (κ3) is 3.93. The molecule has 1 aliphatic carbocycles. The topological polar surface area (TPSA) is 200 Å². The summed E-state index contributed by atoms with van der Waals surface area (Å²) in [7, 11) is -4.52. The number of β-lactam (4-membered cyclic amide) rings is 1. The SMILES string of the molecule is N#CN(C(=O)C1(S)C#C1)C1C(=O)N2C(C(=O)O)=C(C(S)c3nnnn3CS(=O)(=O)O)CSC12. The summed E-state index contributed by atoms with van der Waals surface area (Å²) in [6.45, 7) is 0. The van der Waals surface area contributed by atoms with E-state index in [1.54, 1.807) is 6.19 Å². The van der Waals surface area contributed by atoms with Gasteiger partial charge in [-0.3, -0.25) is 19.0 Å². The van der Waals surface area contributed by atoms with Gasteiger partial charge in [0.05, 0.1) is 5.25 Å². The fourth-order valence-electron chi connectivity index (χ4n) is 3.32. The Labute approximate surface area is 200 Å². The lowest BCUT2D eigenvalue weighted by molar-refractivity contribution is -0.156. The average Bonchev–Trinajstić information content (AvgIpc) is 3.33. The Bertz CT molecular complexity index is 1330. The van der Waals surface area contributed by atoms with Gasteiger partial charge in [-0.25, -0.2) is 14.4 Å². The van der Waals surface area contributed by atoms with Crippen molar-refractivity contribution in [2.45, 2.75) is 27.3 Å². The van der Waals surface area contributed by atoms with E-state index in [2.05, 4.69) is 52.6 Å². The van der Waals surface area contributed by atoms with E-state index in [-0.39, 0.29) is 17.2 Å². The third-order valence-corrected chi connectivity index (χ3v) is 7.68. The minimum atomic E-state index is -4.52. The van der Waals surface area contributed by atoms with Gasteiger partial charge in [0.2, 0.25) is 4.75 Å². The van der Waals surface area contributed by atoms with Crippen LogP contribution in [-0.2, 0) is 30.4 Å². The highest BCUT2D eigenvalue weighted by molar-refractivity contribution is 8.00. The molecular formula is C15H11N7O7S4. The number of carbonyl (C=O) groups is 3. The van der Waals surface area contributed by atoms with E-state index < -0.39 is 60.9 Å². The summed E-state index contributed by atoms with van der Waals surface area (Å²) in [5.74, 6) is 0.586. The highest BCUT2D eigenvalue weighted by Crippen LogP contribution is 2.46. The number of thiol groups is 2. The number of tetrazole rings is 1. The summed E-state index contributed by atoms with van der Waals surface area (Å²) < 4.78 is 30.7. The number of aliphatic carboxylic acids is 1. The zero-order valence-corrected chi connectivity index (χ0v) is 19.3. The van der Waals surface area contributed by atoms with Crippen LogP contribution in [0.3, 0.4) is 0 Å². The number of rotatable bonds is 7. The number of thioether (sulfide) groups is 1. The maximum absolute atomic E-state index is 12.9. The van der Waals surface area contributed by atoms with Crippen LogP contribution in [0, 0.1) is 23.3 Å². The Morgan fingerprint density at radius 2 is 2.12 bits per heavy atom. The van der Waals surface area contributed by atoms with Crippen molar-refractivity contribution in [1.29, 1.82) is 5.26 Å². The number of carboxylic acids is 1. The van der Waals surface area contributed by atoms with Crippen molar-refractivity contribution >= 4 is 64.9 Å². The number of hydrogen-bond donors (Lipinski definition) is 4. The Morgan fingerprint density at radius 1 is 1.45 bits per heavy atom. The molecule has 3 unspecified atom stereocenters. The minimum absolute atomic E-state index is 0.0184. The van der Waals surface area contributed by atoms with E-state index in [9.17, 15) is 33.2 Å². The molecule has 2 aliphatic heterocycles. The molecule has 14 nitrogen and oxygen atoms in total. The molecule has 4 rings (SSSR count). The van der Waals surface area contributed by atoms with E-state index >= 15 is 0 Å². The average molecular weight is 530 g/mol. The molecule has 0 saturated carbocycles. The fraction of sp³-hybridized carbons (Fsp3) is 0.400. The quantitative estimate of drug-likeness (QED) is 0.0765. The van der Waals surface area contributed by atoms with Crippen molar-refractivity contribution in [1.82, 2.24) is 30.0 Å². The first kappa shape index (κ1) is 23.4. The van der Waals surface area contributed by atoms with Crippen LogP contribution in [0.15, 0.2) is 11.3 Å². The minimum Gasteiger partial charge on any atom is -0.477 e. The lowest BCUT2D eigenvalue weighted by atomic mass is 9.99. The molecule has 2 amide bonds. The normalized spacial score (nSPS) is 23.5. The molecule has 2 N–H and O–H groups in total. The number of amides is 2. The molecule has 1 fully saturated rings. The van der Waals surface area contributed by atoms with Gasteiger partial charge in [0.25, 0.3) is 21.9 Å². The second kappa shape index (κ2) is 7.92. The van der Waals surface area contributed by atoms with E-state index in [1.807, 2.05) is 0 Å². The van der Waals surface area contributed by atoms with Crippen LogP contribution in [0.5, 0.6) is 0 Å². The molecule has 0 aromatic carbocycles. The number of carboxylic acid groups (broad SMARTS) is 1. The van der Waals surface area contributed by atoms with Gasteiger partial charge in [-0.05, 0) is 16.0 Å². The van der Waals surface area contributed by atoms with Crippen LogP contribution in [0.25, 0.3) is 0 Å². The van der Waals surface area contributed by atoms with Crippen LogP contribution in [0.1, 0.15) is 11.1 Å². The molecule has 1 saturated heterocycles. The van der Waals surface area contributed by atoms with Crippen molar-refractivity contribution in [2.75, 3.05) is 5.75 Å². The molecule has 0 spiro atoms. The summed E-state index contributed by atoms with van der Waals surface area (Å²) in [6, 6.07) is -1.25. The van der Waals surface area contributed by atoms with Crippen LogP contribution in [-0.4, -0.2) is 87.8 Å². The summed E-state index contributed by atoms with van der Waals surface area (Å²) in [5.41, 5.74) is -0.369. The molecule has 1 aromatic heterocycles. The van der Waals surface area contributed by atoms with E-state index in [0.29, 0.717) is 4.90 Å². The van der Waals surface area contributed by atoms with Gasteiger partial charge in [0, 0.05) is 5.75 Å². The van der Waals surface area contributed by atoms with Crippen molar-refractivity contribution in [2.24, 2.45) is 0 Å². The molecule has 1 aromatic rings. The summed E-state index contributed by atoms with van der Waals surface area (Å²) in [6.07, 6.45) is 1.65. The van der Waals surface area contributed by atoms with Gasteiger partial charge in [-0.15, -0.1) is 29.5 Å². The Balaban J connectivity index is 1.66. The number of carbonyl (C=O) groups excluding carboxylic acids is 2. The van der Waals surface area contributed by atoms with Crippen molar-refractivity contribution in [3.8, 4) is 18.0 Å². The number of aromatic nitrogens is 4. The van der Waals surface area contributed by atoms with Crippen LogP contribution >= 0.6 is 37.0 Å². The highest BCUT2D eigenvalue weighted by atomic mass is 32.2. The van der Waals surface area contributed by atoms with Crippen LogP contribution in [0.4, 0.5) is 0 Å². The second-order valence-corrected chi connectivity index (χ2v) is 10.6. The van der Waals surface area contributed by atoms with E-state index in [1.165, 1.54) is 0 Å². The summed E-state index contributed by atoms with van der Waals surface area (Å²) >= 11 is 9.43. The Hall–Kier alpha value is -2.77. The molecular weight excluding hydrogens is 518 g/mol. The standard InChI is InChI=1S/C15H11N7O7S4/c16-4-20(14(26)15(31)1-2-15)8-11(23)22-7(13(24)25)6(3-32-12(8)22)9(30)10-17-18-19-21(10)5-33(27,28)29/h8-9,12,30-31H,3,5H2,(H,24,25)(H,27,28,29). The van der Waals surface area contributed by atoms with Crippen molar-refractivity contribution < 1.29 is 32.5 Å². The van der Waals surface area contributed by atoms with Gasteiger partial charge in [-0.1, -0.05) is 11.8 Å². The highest BCUT2D eigenvalue weighted by Gasteiger charge is 2.60. The lowest BCUT2D eigenvalue weighted by Gasteiger charge is -2.51. The molecule has 3 aliphatic rings. The predicted molar refractivity (Wildman–Crippen MR) is 115 cm³/mol. The maximum atomic E-state index is 12.9. The third-order valence-electron chi connectivity index (χ3n) is 4.87. The van der Waals surface area contributed by atoms with Gasteiger partial charge in [0.15, 0.2) is 23.9 Å². The van der Waals surface area contributed by atoms with E-state index in [0.717, 1.165) is 21.3 Å². The molecule has 33 heavy (non-hydrogen) atoms. The predicted octanol–water partition coefficient (Wildman–Crippen LogP) is -1.89. The van der Waals surface area contributed by atoms with Crippen molar-refractivity contribution in [3.63, 3.8) is 0 Å². The first-order chi connectivity index (χ1) is 15.4. The molecule has 3 heterocycles. The fourth-order valence-corrected chi connectivity index (χ4v) is 5.93. The van der Waals surface area contributed by atoms with Crippen LogP contribution < -0.4 is 0 Å². The van der Waals surface area contributed by atoms with Crippen LogP contribution in [0.2, 0.25) is 0 Å². The molecule has 0 bridgehead atoms. The van der Waals surface area contributed by atoms with Gasteiger partial charge in [-0.2, -0.15) is 26.3 Å². The number of hydrogen-bond acceptors (Lipinski definition) is 12. The molecule has 18 heteroatoms. The Kier molecular flexibility index (Phi) is 5.61. The van der Waals surface area contributed by atoms with Gasteiger partial charge in [0.1, 0.15) is 11.1 Å². The smallest absolute Gasteiger partial charge is 0.352 e. The summed E-state index contributed by atoms with van der Waals surface area (Å²) in [4.78, 5) is 39.0. The van der Waals surface area contributed by atoms with Crippen molar-refractivity contribution in [3.05, 3.63) is 17.1 Å². The Morgan fingerprint density at radius 3 is 2.67 bits per heavy atom. The zero-order chi connectivity index (χ0) is 24.3. The van der Waals surface area contributed by atoms with E-state index in [4.69, 9.17) is 4.55 Å². The maximum Gasteiger partial charge on any atom is 0.352 e. The van der Waals surface area contributed by atoms with Gasteiger partial charge >= 0.3 is 5.97 Å². The largest absolute Gasteiger partial charge is 0.477 e. The lowest BCUT2D eigenvalue weighted by Crippen LogP contribution is -2.71. The summed E-state index contributed by atoms with van der Waals surface area (Å²) in [5, 5.41) is 27.7. The molecule has 172 valence electrons. The first-order valence-corrected chi connectivity index (χ1v) is 12.3. The first-order valence-electron chi connectivity index (χ1n) is 8.70. The number of fused-ring (bicyclic) bond motifs is 1. The van der Waals surface area contributed by atoms with Gasteiger partial charge < -0.3 is 5.11 Å². The monoisotopic (exact) mass is 529 g/mol. The second-order valence-electron chi connectivity index (χ2n) is 6.92.